The van der Waals surface area contributed by atoms with Gasteiger partial charge in [0.2, 0.25) is 0 Å². The van der Waals surface area contributed by atoms with Gasteiger partial charge in [-0.25, -0.2) is 4.99 Å². The van der Waals surface area contributed by atoms with Crippen LogP contribution in [0.15, 0.2) is 46.0 Å². The second kappa shape index (κ2) is 8.52. The van der Waals surface area contributed by atoms with Crippen LogP contribution in [0, 0.1) is 0 Å². The molecule has 28 heavy (non-hydrogen) atoms. The number of hydrogen-bond donors (Lipinski definition) is 1. The second-order valence-corrected chi connectivity index (χ2v) is 8.50. The van der Waals surface area contributed by atoms with Gasteiger partial charge in [-0.15, -0.1) is 11.3 Å². The number of nitrogens with zero attached hydrogens (tertiary/aromatic N) is 1. The Hall–Kier alpha value is -2.08. The van der Waals surface area contributed by atoms with Crippen molar-refractivity contribution in [3.05, 3.63) is 74.0 Å². The Kier molecular flexibility index (Phi) is 5.85. The van der Waals surface area contributed by atoms with E-state index in [9.17, 15) is 4.79 Å². The molecule has 0 saturated heterocycles. The fraction of sp³-hybridized carbons (Fsp3) is 0.238. The van der Waals surface area contributed by atoms with Crippen LogP contribution < -0.4 is 5.32 Å². The van der Waals surface area contributed by atoms with E-state index >= 15 is 0 Å². The lowest BCUT2D eigenvalue weighted by molar-refractivity contribution is 0.0948. The molecule has 0 atom stereocenters. The summed E-state index contributed by atoms with van der Waals surface area (Å²) in [5.74, 6) is 0.598. The van der Waals surface area contributed by atoms with Gasteiger partial charge in [-0.3, -0.25) is 4.79 Å². The average Bonchev–Trinajstić information content (AvgIpc) is 3.33. The van der Waals surface area contributed by atoms with Crippen LogP contribution in [0.3, 0.4) is 0 Å². The number of thiophene rings is 1. The highest BCUT2D eigenvalue weighted by molar-refractivity contribution is 7.16. The van der Waals surface area contributed by atoms with E-state index in [1.54, 1.807) is 42.0 Å². The number of nitrogens with one attached hydrogen (secondary N) is 1. The topological polar surface area (TPSA) is 54.6 Å². The number of hydrogen-bond acceptors (Lipinski definition) is 4. The number of rotatable bonds is 5. The summed E-state index contributed by atoms with van der Waals surface area (Å²) in [6, 6.07) is 8.91. The molecule has 144 valence electrons. The fourth-order valence-corrected chi connectivity index (χ4v) is 4.97. The summed E-state index contributed by atoms with van der Waals surface area (Å²) in [6.45, 7) is 0.350. The second-order valence-electron chi connectivity index (χ2n) is 6.58. The molecule has 0 fully saturated rings. The molecule has 0 aliphatic heterocycles. The van der Waals surface area contributed by atoms with Crippen LogP contribution >= 0.6 is 34.5 Å². The molecular weight excluding hydrogens is 415 g/mol. The number of carbonyl (C=O) groups is 1. The van der Waals surface area contributed by atoms with Crippen molar-refractivity contribution < 1.29 is 9.21 Å². The van der Waals surface area contributed by atoms with Crippen LogP contribution in [0.5, 0.6) is 0 Å². The molecule has 4 rings (SSSR count). The van der Waals surface area contributed by atoms with Crippen LogP contribution in [-0.4, -0.2) is 12.1 Å². The summed E-state index contributed by atoms with van der Waals surface area (Å²) < 4.78 is 5.31. The molecule has 1 aliphatic carbocycles. The molecule has 0 radical (unpaired) electrons. The zero-order valence-electron chi connectivity index (χ0n) is 15.0. The summed E-state index contributed by atoms with van der Waals surface area (Å²) in [7, 11) is 0. The van der Waals surface area contributed by atoms with Gasteiger partial charge in [0.05, 0.1) is 23.4 Å². The number of aliphatic imine (C=N–C) groups is 1. The van der Waals surface area contributed by atoms with Crippen LogP contribution in [-0.2, 0) is 19.4 Å². The number of amides is 1. The van der Waals surface area contributed by atoms with Gasteiger partial charge in [0.1, 0.15) is 10.8 Å². The van der Waals surface area contributed by atoms with Crippen molar-refractivity contribution in [1.29, 1.82) is 0 Å². The Morgan fingerprint density at radius 1 is 1.25 bits per heavy atom. The van der Waals surface area contributed by atoms with Gasteiger partial charge in [-0.2, -0.15) is 0 Å². The molecule has 2 heterocycles. The van der Waals surface area contributed by atoms with Crippen LogP contribution in [0.25, 0.3) is 0 Å². The van der Waals surface area contributed by atoms with Gasteiger partial charge in [0.15, 0.2) is 0 Å². The normalized spacial score (nSPS) is 13.6. The smallest absolute Gasteiger partial charge is 0.255 e. The predicted octanol–water partition coefficient (Wildman–Crippen LogP) is 6.21. The fourth-order valence-electron chi connectivity index (χ4n) is 3.28. The van der Waals surface area contributed by atoms with Gasteiger partial charge in [0, 0.05) is 21.7 Å². The van der Waals surface area contributed by atoms with Crippen molar-refractivity contribution in [3.8, 4) is 0 Å². The summed E-state index contributed by atoms with van der Waals surface area (Å²) in [5.41, 5.74) is 2.56. The minimum atomic E-state index is -0.120. The monoisotopic (exact) mass is 432 g/mol. The standard InChI is InChI=1S/C21H18Cl2N2O2S/c22-14-8-7-13(17(23)10-14)11-25-21-19(16-5-1-2-6-18(16)28-21)20(26)24-12-15-4-3-9-27-15/h3-4,7-11H,1-2,5-6,12H2,(H,24,26). The van der Waals surface area contributed by atoms with Crippen LogP contribution in [0.1, 0.15) is 45.0 Å². The van der Waals surface area contributed by atoms with Crippen LogP contribution in [0.4, 0.5) is 5.00 Å². The predicted molar refractivity (Wildman–Crippen MR) is 115 cm³/mol. The molecule has 1 aromatic carbocycles. The third kappa shape index (κ3) is 4.17. The first kappa shape index (κ1) is 19.2. The zero-order chi connectivity index (χ0) is 19.5. The minimum Gasteiger partial charge on any atom is -0.467 e. The van der Waals surface area contributed by atoms with Crippen molar-refractivity contribution in [3.63, 3.8) is 0 Å². The number of benzene rings is 1. The lowest BCUT2D eigenvalue weighted by atomic mass is 9.95. The van der Waals surface area contributed by atoms with Gasteiger partial charge in [-0.05, 0) is 55.5 Å². The number of fused-ring (bicyclic) bond motifs is 1. The third-order valence-electron chi connectivity index (χ3n) is 4.67. The van der Waals surface area contributed by atoms with E-state index in [2.05, 4.69) is 10.3 Å². The molecule has 2 aromatic heterocycles. The van der Waals surface area contributed by atoms with E-state index in [1.807, 2.05) is 12.1 Å². The largest absolute Gasteiger partial charge is 0.467 e. The van der Waals surface area contributed by atoms with Crippen molar-refractivity contribution in [1.82, 2.24) is 5.32 Å². The molecule has 1 aliphatic rings. The van der Waals surface area contributed by atoms with E-state index < -0.39 is 0 Å². The Labute approximate surface area is 177 Å². The number of carbonyl (C=O) groups excluding carboxylic acids is 1. The zero-order valence-corrected chi connectivity index (χ0v) is 17.3. The lowest BCUT2D eigenvalue weighted by Gasteiger charge is -2.12. The summed E-state index contributed by atoms with van der Waals surface area (Å²) in [4.78, 5) is 18.8. The minimum absolute atomic E-state index is 0.120. The van der Waals surface area contributed by atoms with E-state index in [-0.39, 0.29) is 5.91 Å². The summed E-state index contributed by atoms with van der Waals surface area (Å²) in [5, 5.41) is 4.77. The molecule has 3 aromatic rings. The maximum Gasteiger partial charge on any atom is 0.255 e. The van der Waals surface area contributed by atoms with E-state index in [0.29, 0.717) is 22.2 Å². The van der Waals surface area contributed by atoms with Crippen molar-refractivity contribution in [2.75, 3.05) is 0 Å². The van der Waals surface area contributed by atoms with Crippen LogP contribution in [0.2, 0.25) is 10.0 Å². The molecule has 0 unspecified atom stereocenters. The van der Waals surface area contributed by atoms with E-state index in [1.165, 1.54) is 4.88 Å². The quantitative estimate of drug-likeness (QED) is 0.487. The highest BCUT2D eigenvalue weighted by Gasteiger charge is 2.25. The Morgan fingerprint density at radius 2 is 2.11 bits per heavy atom. The maximum atomic E-state index is 13.0. The highest BCUT2D eigenvalue weighted by Crippen LogP contribution is 2.40. The molecule has 0 saturated carbocycles. The number of halogens is 2. The summed E-state index contributed by atoms with van der Waals surface area (Å²) in [6.07, 6.45) is 7.43. The van der Waals surface area contributed by atoms with Gasteiger partial charge in [-0.1, -0.05) is 29.3 Å². The first-order valence-electron chi connectivity index (χ1n) is 9.06. The van der Waals surface area contributed by atoms with E-state index in [4.69, 9.17) is 27.6 Å². The molecule has 0 spiro atoms. The van der Waals surface area contributed by atoms with Gasteiger partial charge >= 0.3 is 0 Å². The summed E-state index contributed by atoms with van der Waals surface area (Å²) >= 11 is 13.8. The maximum absolute atomic E-state index is 13.0. The number of furan rings is 1. The molecule has 1 amide bonds. The van der Waals surface area contributed by atoms with Crippen molar-refractivity contribution >= 4 is 51.7 Å². The first-order chi connectivity index (χ1) is 13.6. The molecule has 7 heteroatoms. The third-order valence-corrected chi connectivity index (χ3v) is 6.43. The first-order valence-corrected chi connectivity index (χ1v) is 10.6. The lowest BCUT2D eigenvalue weighted by Crippen LogP contribution is -2.23. The Balaban J connectivity index is 1.63. The van der Waals surface area contributed by atoms with E-state index in [0.717, 1.165) is 47.6 Å². The highest BCUT2D eigenvalue weighted by atomic mass is 35.5. The molecule has 4 nitrogen and oxygen atoms in total. The SMILES string of the molecule is O=C(NCc1ccco1)c1c(N=Cc2ccc(Cl)cc2Cl)sc2c1CCCC2. The van der Waals surface area contributed by atoms with Gasteiger partial charge < -0.3 is 9.73 Å². The average molecular weight is 433 g/mol. The van der Waals surface area contributed by atoms with Crippen molar-refractivity contribution in [2.45, 2.75) is 32.2 Å². The number of aryl methyl sites for hydroxylation is 1. The van der Waals surface area contributed by atoms with Gasteiger partial charge in [0.25, 0.3) is 5.91 Å². The molecule has 0 bridgehead atoms. The molecule has 1 N–H and O–H groups in total. The molecular formula is C21H18Cl2N2O2S. The Bertz CT molecular complexity index is 1030. The van der Waals surface area contributed by atoms with Crippen molar-refractivity contribution in [2.24, 2.45) is 4.99 Å². The Morgan fingerprint density at radius 3 is 2.89 bits per heavy atom.